The first kappa shape index (κ1) is 11.3. The van der Waals surface area contributed by atoms with Crippen molar-refractivity contribution >= 4 is 11.6 Å². The molecule has 94 valence electrons. The molecule has 0 fully saturated rings. The van der Waals surface area contributed by atoms with E-state index in [-0.39, 0.29) is 5.56 Å². The predicted octanol–water partition coefficient (Wildman–Crippen LogP) is 2.23. The number of benzene rings is 1. The number of hydrogen-bond acceptors (Lipinski definition) is 3. The van der Waals surface area contributed by atoms with Gasteiger partial charge >= 0.3 is 5.97 Å². The first-order chi connectivity index (χ1) is 9.16. The van der Waals surface area contributed by atoms with Crippen LogP contribution in [0.2, 0.25) is 0 Å². The van der Waals surface area contributed by atoms with Gasteiger partial charge in [0, 0.05) is 18.0 Å². The standard InChI is InChI=1S/C13H8FN3O2/c14-11-3-2-8(6-9(11)13(18)19)10-7-16-17-5-1-4-15-12(10)17/h1-7H,(H,18,19). The Hall–Kier alpha value is -2.76. The Labute approximate surface area is 107 Å². The predicted molar refractivity (Wildman–Crippen MR) is 65.3 cm³/mol. The van der Waals surface area contributed by atoms with Gasteiger partial charge in [-0.15, -0.1) is 0 Å². The van der Waals surface area contributed by atoms with Crippen LogP contribution in [0, 0.1) is 5.82 Å². The van der Waals surface area contributed by atoms with E-state index >= 15 is 0 Å². The summed E-state index contributed by atoms with van der Waals surface area (Å²) in [5.74, 6) is -2.07. The summed E-state index contributed by atoms with van der Waals surface area (Å²) in [5.41, 5.74) is 1.44. The van der Waals surface area contributed by atoms with Gasteiger partial charge < -0.3 is 5.11 Å². The molecule has 19 heavy (non-hydrogen) atoms. The summed E-state index contributed by atoms with van der Waals surface area (Å²) in [6, 6.07) is 5.65. The van der Waals surface area contributed by atoms with Crippen LogP contribution in [0.15, 0.2) is 42.9 Å². The highest BCUT2D eigenvalue weighted by Gasteiger charge is 2.14. The lowest BCUT2D eigenvalue weighted by Gasteiger charge is -2.02. The molecule has 0 spiro atoms. The molecule has 0 unspecified atom stereocenters. The van der Waals surface area contributed by atoms with E-state index in [2.05, 4.69) is 10.1 Å². The molecule has 3 aromatic rings. The van der Waals surface area contributed by atoms with Crippen molar-refractivity contribution in [1.82, 2.24) is 14.6 Å². The normalized spacial score (nSPS) is 10.8. The van der Waals surface area contributed by atoms with Crippen LogP contribution in [0.1, 0.15) is 10.4 Å². The van der Waals surface area contributed by atoms with Crippen molar-refractivity contribution in [2.45, 2.75) is 0 Å². The van der Waals surface area contributed by atoms with Gasteiger partial charge in [0.2, 0.25) is 0 Å². The number of hydrogen-bond donors (Lipinski definition) is 1. The highest BCUT2D eigenvalue weighted by Crippen LogP contribution is 2.25. The average molecular weight is 257 g/mol. The molecule has 3 rings (SSSR count). The van der Waals surface area contributed by atoms with Crippen molar-refractivity contribution in [2.75, 3.05) is 0 Å². The molecule has 0 aliphatic heterocycles. The molecule has 1 N–H and O–H groups in total. The van der Waals surface area contributed by atoms with E-state index in [0.717, 1.165) is 6.07 Å². The highest BCUT2D eigenvalue weighted by molar-refractivity contribution is 5.90. The lowest BCUT2D eigenvalue weighted by Crippen LogP contribution is -2.00. The van der Waals surface area contributed by atoms with E-state index < -0.39 is 11.8 Å². The van der Waals surface area contributed by atoms with Crippen LogP contribution < -0.4 is 0 Å². The van der Waals surface area contributed by atoms with E-state index in [4.69, 9.17) is 5.11 Å². The number of carbonyl (C=O) groups is 1. The van der Waals surface area contributed by atoms with Crippen LogP contribution in [0.4, 0.5) is 4.39 Å². The van der Waals surface area contributed by atoms with Gasteiger partial charge in [0.1, 0.15) is 5.82 Å². The number of nitrogens with zero attached hydrogens (tertiary/aromatic N) is 3. The topological polar surface area (TPSA) is 67.5 Å². The van der Waals surface area contributed by atoms with Crippen LogP contribution in [-0.4, -0.2) is 25.7 Å². The largest absolute Gasteiger partial charge is 0.478 e. The van der Waals surface area contributed by atoms with Gasteiger partial charge in [-0.2, -0.15) is 5.10 Å². The highest BCUT2D eigenvalue weighted by atomic mass is 19.1. The minimum atomic E-state index is -1.30. The van der Waals surface area contributed by atoms with Crippen molar-refractivity contribution in [3.05, 3.63) is 54.2 Å². The molecular formula is C13H8FN3O2. The Morgan fingerprint density at radius 2 is 2.21 bits per heavy atom. The molecule has 0 saturated heterocycles. The van der Waals surface area contributed by atoms with Gasteiger partial charge in [0.15, 0.2) is 5.65 Å². The lowest BCUT2D eigenvalue weighted by atomic mass is 10.1. The fourth-order valence-corrected chi connectivity index (χ4v) is 1.89. The second-order valence-corrected chi connectivity index (χ2v) is 3.95. The molecule has 0 aliphatic rings. The number of aromatic nitrogens is 3. The van der Waals surface area contributed by atoms with Crippen molar-refractivity contribution in [3.8, 4) is 11.1 Å². The van der Waals surface area contributed by atoms with Crippen molar-refractivity contribution in [1.29, 1.82) is 0 Å². The smallest absolute Gasteiger partial charge is 0.338 e. The zero-order valence-electron chi connectivity index (χ0n) is 9.62. The average Bonchev–Trinajstić information content (AvgIpc) is 2.83. The molecule has 0 aliphatic carbocycles. The number of carboxylic acids is 1. The first-order valence-electron chi connectivity index (χ1n) is 5.48. The first-order valence-corrected chi connectivity index (χ1v) is 5.48. The van der Waals surface area contributed by atoms with Crippen LogP contribution in [0.3, 0.4) is 0 Å². The summed E-state index contributed by atoms with van der Waals surface area (Å²) in [5, 5.41) is 13.0. The summed E-state index contributed by atoms with van der Waals surface area (Å²) < 4.78 is 14.9. The fraction of sp³-hybridized carbons (Fsp3) is 0. The van der Waals surface area contributed by atoms with Crippen LogP contribution in [0.25, 0.3) is 16.8 Å². The third-order valence-corrected chi connectivity index (χ3v) is 2.79. The van der Waals surface area contributed by atoms with E-state index in [1.54, 1.807) is 29.2 Å². The number of aromatic carboxylic acids is 1. The number of rotatable bonds is 2. The number of halogens is 1. The third kappa shape index (κ3) is 1.83. The van der Waals surface area contributed by atoms with E-state index in [1.807, 2.05) is 0 Å². The van der Waals surface area contributed by atoms with Crippen LogP contribution in [-0.2, 0) is 0 Å². The van der Waals surface area contributed by atoms with Crippen molar-refractivity contribution in [3.63, 3.8) is 0 Å². The molecule has 1 aromatic carbocycles. The Kier molecular flexibility index (Phi) is 2.49. The number of carboxylic acid groups (broad SMARTS) is 1. The summed E-state index contributed by atoms with van der Waals surface area (Å²) in [6.45, 7) is 0. The Morgan fingerprint density at radius 3 is 3.00 bits per heavy atom. The molecule has 6 heteroatoms. The van der Waals surface area contributed by atoms with Gasteiger partial charge in [-0.05, 0) is 23.8 Å². The maximum atomic E-state index is 13.4. The molecule has 0 bridgehead atoms. The zero-order chi connectivity index (χ0) is 13.4. The van der Waals surface area contributed by atoms with Crippen molar-refractivity contribution in [2.24, 2.45) is 0 Å². The third-order valence-electron chi connectivity index (χ3n) is 2.79. The molecule has 0 atom stereocenters. The van der Waals surface area contributed by atoms with E-state index in [9.17, 15) is 9.18 Å². The molecule has 0 saturated carbocycles. The van der Waals surface area contributed by atoms with E-state index in [1.165, 1.54) is 12.1 Å². The van der Waals surface area contributed by atoms with Crippen LogP contribution in [0.5, 0.6) is 0 Å². The molecule has 0 amide bonds. The molecule has 2 aromatic heterocycles. The maximum Gasteiger partial charge on any atom is 0.338 e. The molecule has 0 radical (unpaired) electrons. The Morgan fingerprint density at radius 1 is 1.37 bits per heavy atom. The fourth-order valence-electron chi connectivity index (χ4n) is 1.89. The Balaban J connectivity index is 2.22. The number of fused-ring (bicyclic) bond motifs is 1. The second kappa shape index (κ2) is 4.16. The SMILES string of the molecule is O=C(O)c1cc(-c2cnn3cccnc23)ccc1F. The quantitative estimate of drug-likeness (QED) is 0.764. The van der Waals surface area contributed by atoms with Crippen molar-refractivity contribution < 1.29 is 14.3 Å². The van der Waals surface area contributed by atoms with Crippen LogP contribution >= 0.6 is 0 Å². The molecule has 2 heterocycles. The second-order valence-electron chi connectivity index (χ2n) is 3.95. The zero-order valence-corrected chi connectivity index (χ0v) is 9.62. The minimum absolute atomic E-state index is 0.368. The summed E-state index contributed by atoms with van der Waals surface area (Å²) in [6.07, 6.45) is 4.91. The molecular weight excluding hydrogens is 249 g/mol. The van der Waals surface area contributed by atoms with E-state index in [0.29, 0.717) is 16.8 Å². The lowest BCUT2D eigenvalue weighted by molar-refractivity contribution is 0.0692. The van der Waals surface area contributed by atoms with Gasteiger partial charge in [0.25, 0.3) is 0 Å². The molecule has 5 nitrogen and oxygen atoms in total. The Bertz CT molecular complexity index is 782. The van der Waals surface area contributed by atoms with Gasteiger partial charge in [0.05, 0.1) is 11.8 Å². The minimum Gasteiger partial charge on any atom is -0.478 e. The monoisotopic (exact) mass is 257 g/mol. The maximum absolute atomic E-state index is 13.4. The summed E-state index contributed by atoms with van der Waals surface area (Å²) >= 11 is 0. The van der Waals surface area contributed by atoms with Gasteiger partial charge in [-0.25, -0.2) is 18.7 Å². The summed E-state index contributed by atoms with van der Waals surface area (Å²) in [7, 11) is 0. The van der Waals surface area contributed by atoms with Gasteiger partial charge in [-0.3, -0.25) is 0 Å². The summed E-state index contributed by atoms with van der Waals surface area (Å²) in [4.78, 5) is 15.1. The van der Waals surface area contributed by atoms with Gasteiger partial charge in [-0.1, -0.05) is 6.07 Å².